The first-order valence-corrected chi connectivity index (χ1v) is 7.42. The molecule has 4 heteroatoms. The fourth-order valence-corrected chi connectivity index (χ4v) is 2.56. The van der Waals surface area contributed by atoms with Crippen LogP contribution in [-0.2, 0) is 0 Å². The molecule has 1 aromatic rings. The van der Waals surface area contributed by atoms with Crippen LogP contribution in [0.2, 0.25) is 0 Å². The summed E-state index contributed by atoms with van der Waals surface area (Å²) >= 11 is 0. The second-order valence-corrected chi connectivity index (χ2v) is 5.18. The molecule has 0 radical (unpaired) electrons. The van der Waals surface area contributed by atoms with Crippen molar-refractivity contribution in [1.82, 2.24) is 4.90 Å². The molecule has 4 nitrogen and oxygen atoms in total. The Labute approximate surface area is 120 Å². The lowest BCUT2D eigenvalue weighted by Gasteiger charge is -2.26. The summed E-state index contributed by atoms with van der Waals surface area (Å²) in [5, 5.41) is 9.83. The van der Waals surface area contributed by atoms with Crippen molar-refractivity contribution in [2.45, 2.75) is 32.6 Å². The van der Waals surface area contributed by atoms with Crippen molar-refractivity contribution in [3.8, 4) is 11.5 Å². The van der Waals surface area contributed by atoms with E-state index >= 15 is 0 Å². The van der Waals surface area contributed by atoms with Gasteiger partial charge in [-0.05, 0) is 38.1 Å². The summed E-state index contributed by atoms with van der Waals surface area (Å²) in [4.78, 5) is 14.3. The van der Waals surface area contributed by atoms with E-state index in [2.05, 4.69) is 4.90 Å². The first kappa shape index (κ1) is 14.9. The third-order valence-corrected chi connectivity index (χ3v) is 3.72. The van der Waals surface area contributed by atoms with Gasteiger partial charge in [0.05, 0.1) is 0 Å². The van der Waals surface area contributed by atoms with Crippen molar-refractivity contribution in [2.75, 3.05) is 26.2 Å². The summed E-state index contributed by atoms with van der Waals surface area (Å²) in [6.07, 6.45) is 4.19. The second-order valence-electron chi connectivity index (χ2n) is 5.18. The Morgan fingerprint density at radius 3 is 2.75 bits per heavy atom. The van der Waals surface area contributed by atoms with E-state index in [9.17, 15) is 9.90 Å². The minimum atomic E-state index is -0.0870. The lowest BCUT2D eigenvalue weighted by atomic mass is 10.1. The maximum atomic E-state index is 11.9. The van der Waals surface area contributed by atoms with Gasteiger partial charge < -0.3 is 9.84 Å². The smallest absolute Gasteiger partial charge is 0.170 e. The molecule has 20 heavy (non-hydrogen) atoms. The zero-order chi connectivity index (χ0) is 14.4. The molecule has 0 atom stereocenters. The molecule has 1 saturated heterocycles. The molecule has 1 N–H and O–H groups in total. The maximum absolute atomic E-state index is 11.9. The number of hydrogen-bond donors (Lipinski definition) is 1. The number of Topliss-reactive ketones (excluding diaryl/α,β-unsaturated/α-hetero) is 1. The number of ketones is 1. The third kappa shape index (κ3) is 3.73. The summed E-state index contributed by atoms with van der Waals surface area (Å²) in [7, 11) is 0. The molecule has 0 aromatic heterocycles. The number of phenolic OH excluding ortho intramolecular Hbond substituents is 1. The molecule has 1 aliphatic rings. The maximum Gasteiger partial charge on any atom is 0.170 e. The number of phenols is 1. The Bertz CT molecular complexity index is 453. The number of piperidine rings is 1. The van der Waals surface area contributed by atoms with Gasteiger partial charge in [-0.1, -0.05) is 19.4 Å². The molecule has 0 amide bonds. The van der Waals surface area contributed by atoms with E-state index < -0.39 is 0 Å². The highest BCUT2D eigenvalue weighted by Crippen LogP contribution is 2.28. The van der Waals surface area contributed by atoms with E-state index in [1.54, 1.807) is 19.1 Å². The predicted molar refractivity (Wildman–Crippen MR) is 78.5 cm³/mol. The molecule has 0 spiro atoms. The van der Waals surface area contributed by atoms with Gasteiger partial charge in [-0.15, -0.1) is 0 Å². The molecule has 0 unspecified atom stereocenters. The zero-order valence-electron chi connectivity index (χ0n) is 12.1. The van der Waals surface area contributed by atoms with Crippen LogP contribution in [0.3, 0.4) is 0 Å². The Morgan fingerprint density at radius 2 is 2.05 bits per heavy atom. The molecular formula is C16H23NO3. The number of rotatable bonds is 6. The Morgan fingerprint density at radius 1 is 1.30 bits per heavy atom. The van der Waals surface area contributed by atoms with E-state index in [4.69, 9.17) is 4.74 Å². The van der Waals surface area contributed by atoms with Gasteiger partial charge in [0.15, 0.2) is 5.78 Å². The van der Waals surface area contributed by atoms with Crippen molar-refractivity contribution < 1.29 is 14.6 Å². The molecule has 1 heterocycles. The largest absolute Gasteiger partial charge is 0.507 e. The first-order valence-electron chi connectivity index (χ1n) is 7.42. The quantitative estimate of drug-likeness (QED) is 0.812. The van der Waals surface area contributed by atoms with Crippen molar-refractivity contribution in [3.05, 3.63) is 23.8 Å². The van der Waals surface area contributed by atoms with Crippen LogP contribution in [0.5, 0.6) is 11.5 Å². The van der Waals surface area contributed by atoms with Crippen molar-refractivity contribution in [3.63, 3.8) is 0 Å². The minimum Gasteiger partial charge on any atom is -0.507 e. The van der Waals surface area contributed by atoms with Crippen LogP contribution in [0.25, 0.3) is 0 Å². The molecule has 1 aromatic carbocycles. The SMILES string of the molecule is CCC(=O)c1c(O)cccc1OCCN1CCCCC1. The number of aromatic hydroxyl groups is 1. The fourth-order valence-electron chi connectivity index (χ4n) is 2.56. The third-order valence-electron chi connectivity index (χ3n) is 3.72. The van der Waals surface area contributed by atoms with Gasteiger partial charge in [0.25, 0.3) is 0 Å². The van der Waals surface area contributed by atoms with Crippen molar-refractivity contribution >= 4 is 5.78 Å². The van der Waals surface area contributed by atoms with E-state index in [0.29, 0.717) is 24.3 Å². The van der Waals surface area contributed by atoms with Gasteiger partial charge in [-0.25, -0.2) is 0 Å². The number of benzene rings is 1. The van der Waals surface area contributed by atoms with Crippen LogP contribution in [-0.4, -0.2) is 42.0 Å². The summed E-state index contributed by atoms with van der Waals surface area (Å²) in [6.45, 7) is 5.46. The highest BCUT2D eigenvalue weighted by Gasteiger charge is 2.16. The fraction of sp³-hybridized carbons (Fsp3) is 0.562. The van der Waals surface area contributed by atoms with Gasteiger partial charge in [-0.2, -0.15) is 0 Å². The predicted octanol–water partition coefficient (Wildman–Crippen LogP) is 2.85. The van der Waals surface area contributed by atoms with Crippen LogP contribution in [0.4, 0.5) is 0 Å². The van der Waals surface area contributed by atoms with Crippen molar-refractivity contribution in [2.24, 2.45) is 0 Å². The number of likely N-dealkylation sites (tertiary alicyclic amines) is 1. The Balaban J connectivity index is 1.95. The number of nitrogens with zero attached hydrogens (tertiary/aromatic N) is 1. The molecule has 0 aliphatic carbocycles. The number of carbonyl (C=O) groups is 1. The molecule has 1 aliphatic heterocycles. The Kier molecular flexibility index (Phi) is 5.41. The van der Waals surface area contributed by atoms with Gasteiger partial charge in [0.1, 0.15) is 23.7 Å². The summed E-state index contributed by atoms with van der Waals surface area (Å²) in [5.41, 5.74) is 0.314. The van der Waals surface area contributed by atoms with Crippen molar-refractivity contribution in [1.29, 1.82) is 0 Å². The first-order chi connectivity index (χ1) is 9.72. The lowest BCUT2D eigenvalue weighted by molar-refractivity contribution is 0.0980. The summed E-state index contributed by atoms with van der Waals surface area (Å²) in [5.74, 6) is 0.414. The number of carbonyl (C=O) groups excluding carboxylic acids is 1. The molecule has 110 valence electrons. The van der Waals surface area contributed by atoms with Gasteiger partial charge in [0, 0.05) is 13.0 Å². The molecule has 1 fully saturated rings. The minimum absolute atomic E-state index is 0.00678. The average molecular weight is 277 g/mol. The highest BCUT2D eigenvalue weighted by atomic mass is 16.5. The van der Waals surface area contributed by atoms with Crippen LogP contribution >= 0.6 is 0 Å². The average Bonchev–Trinajstić information content (AvgIpc) is 2.48. The van der Waals surface area contributed by atoms with Crippen LogP contribution < -0.4 is 4.74 Å². The highest BCUT2D eigenvalue weighted by molar-refractivity contribution is 6.00. The van der Waals surface area contributed by atoms with Crippen LogP contribution in [0, 0.1) is 0 Å². The zero-order valence-corrected chi connectivity index (χ0v) is 12.1. The van der Waals surface area contributed by atoms with Gasteiger partial charge in [0.2, 0.25) is 0 Å². The van der Waals surface area contributed by atoms with Crippen LogP contribution in [0.1, 0.15) is 43.0 Å². The standard InChI is InChI=1S/C16H23NO3/c1-2-13(18)16-14(19)7-6-8-15(16)20-12-11-17-9-4-3-5-10-17/h6-8,19H,2-5,9-12H2,1H3. The van der Waals surface area contributed by atoms with Gasteiger partial charge >= 0.3 is 0 Å². The Hall–Kier alpha value is -1.55. The number of ether oxygens (including phenoxy) is 1. The van der Waals surface area contributed by atoms with Gasteiger partial charge in [-0.3, -0.25) is 9.69 Å². The molecule has 0 bridgehead atoms. The van der Waals surface area contributed by atoms with E-state index in [1.165, 1.54) is 25.3 Å². The molecular weight excluding hydrogens is 254 g/mol. The normalized spacial score (nSPS) is 16.1. The summed E-state index contributed by atoms with van der Waals surface area (Å²) < 4.78 is 5.72. The summed E-state index contributed by atoms with van der Waals surface area (Å²) in [6, 6.07) is 4.98. The lowest BCUT2D eigenvalue weighted by Crippen LogP contribution is -2.33. The monoisotopic (exact) mass is 277 g/mol. The second kappa shape index (κ2) is 7.29. The van der Waals surface area contributed by atoms with Crippen LogP contribution in [0.15, 0.2) is 18.2 Å². The number of hydrogen-bond acceptors (Lipinski definition) is 4. The van der Waals surface area contributed by atoms with E-state index in [1.807, 2.05) is 0 Å². The molecule has 2 rings (SSSR count). The topological polar surface area (TPSA) is 49.8 Å². The van der Waals surface area contributed by atoms with E-state index in [0.717, 1.165) is 19.6 Å². The molecule has 0 saturated carbocycles. The van der Waals surface area contributed by atoms with E-state index in [-0.39, 0.29) is 11.5 Å².